The first kappa shape index (κ1) is 23.9. The highest BCUT2D eigenvalue weighted by molar-refractivity contribution is 5.99. The smallest absolute Gasteiger partial charge is 0.323 e. The van der Waals surface area contributed by atoms with Gasteiger partial charge in [-0.05, 0) is 61.5 Å². The van der Waals surface area contributed by atoms with Crippen LogP contribution in [-0.4, -0.2) is 38.4 Å². The van der Waals surface area contributed by atoms with Gasteiger partial charge >= 0.3 is 6.03 Å². The van der Waals surface area contributed by atoms with Crippen LogP contribution in [0.15, 0.2) is 60.8 Å². The second-order valence-electron chi connectivity index (χ2n) is 7.20. The van der Waals surface area contributed by atoms with E-state index in [9.17, 15) is 4.79 Å². The summed E-state index contributed by atoms with van der Waals surface area (Å²) in [6.07, 6.45) is 2.54. The minimum atomic E-state index is -0.337. The molecule has 0 fully saturated rings. The molecule has 33 heavy (non-hydrogen) atoms. The Bertz CT molecular complexity index is 1020. The van der Waals surface area contributed by atoms with Crippen LogP contribution in [-0.2, 0) is 11.3 Å². The molecule has 8 heteroatoms. The van der Waals surface area contributed by atoms with Crippen LogP contribution in [0.4, 0.5) is 16.2 Å². The van der Waals surface area contributed by atoms with E-state index in [1.54, 1.807) is 68.9 Å². The normalized spacial score (nSPS) is 10.4. The van der Waals surface area contributed by atoms with Crippen molar-refractivity contribution in [2.24, 2.45) is 0 Å². The number of carbonyl (C=O) groups excluding carboxylic acids is 1. The molecule has 0 unspecified atom stereocenters. The average Bonchev–Trinajstić information content (AvgIpc) is 2.83. The van der Waals surface area contributed by atoms with Crippen LogP contribution < -0.4 is 24.8 Å². The van der Waals surface area contributed by atoms with E-state index in [4.69, 9.17) is 18.9 Å². The first-order chi connectivity index (χ1) is 16.1. The van der Waals surface area contributed by atoms with Gasteiger partial charge < -0.3 is 29.6 Å². The predicted molar refractivity (Wildman–Crippen MR) is 127 cm³/mol. The van der Waals surface area contributed by atoms with Crippen LogP contribution in [0, 0.1) is 6.92 Å². The maximum Gasteiger partial charge on any atom is 0.323 e. The molecule has 1 heterocycles. The quantitative estimate of drug-likeness (QED) is 0.397. The number of anilines is 2. The van der Waals surface area contributed by atoms with E-state index >= 15 is 0 Å². The molecule has 2 amide bonds. The van der Waals surface area contributed by atoms with Crippen molar-refractivity contribution < 1.29 is 23.7 Å². The number of ether oxygens (including phenoxy) is 4. The molecule has 0 atom stereocenters. The van der Waals surface area contributed by atoms with Crippen molar-refractivity contribution in [2.45, 2.75) is 20.0 Å². The lowest BCUT2D eigenvalue weighted by atomic mass is 10.2. The van der Waals surface area contributed by atoms with E-state index in [0.29, 0.717) is 36.9 Å². The largest absolute Gasteiger partial charge is 0.497 e. The Balaban J connectivity index is 1.49. The van der Waals surface area contributed by atoms with Crippen LogP contribution in [0.25, 0.3) is 0 Å². The first-order valence-electron chi connectivity index (χ1n) is 10.6. The molecule has 8 nitrogen and oxygen atoms in total. The summed E-state index contributed by atoms with van der Waals surface area (Å²) in [5, 5.41) is 5.56. The predicted octanol–water partition coefficient (Wildman–Crippen LogP) is 5.04. The van der Waals surface area contributed by atoms with Gasteiger partial charge in [-0.15, -0.1) is 0 Å². The first-order valence-corrected chi connectivity index (χ1v) is 10.6. The number of methoxy groups -OCH3 is 2. The lowest BCUT2D eigenvalue weighted by Crippen LogP contribution is -2.19. The third-order valence-corrected chi connectivity index (χ3v) is 4.84. The summed E-state index contributed by atoms with van der Waals surface area (Å²) >= 11 is 0. The minimum Gasteiger partial charge on any atom is -0.497 e. The molecule has 0 aliphatic heterocycles. The third-order valence-electron chi connectivity index (χ3n) is 4.84. The standard InChI is InChI=1S/C25H29N3O5/c1-18-23(26-14-13-24(18)32-16-4-15-30-2)17-33-22-11-7-20(8-12-22)28-25(29)27-19-5-9-21(31-3)10-6-19/h5-14H,4,15-17H2,1-3H3,(H2,27,28,29). The summed E-state index contributed by atoms with van der Waals surface area (Å²) in [5.41, 5.74) is 3.07. The Morgan fingerprint density at radius 2 is 1.48 bits per heavy atom. The number of pyridine rings is 1. The van der Waals surface area contributed by atoms with Crippen molar-refractivity contribution in [3.63, 3.8) is 0 Å². The lowest BCUT2D eigenvalue weighted by molar-refractivity contribution is 0.171. The third kappa shape index (κ3) is 7.40. The van der Waals surface area contributed by atoms with Gasteiger partial charge in [-0.25, -0.2) is 4.79 Å². The number of amides is 2. The van der Waals surface area contributed by atoms with Crippen LogP contribution in [0.1, 0.15) is 17.7 Å². The molecular formula is C25H29N3O5. The molecule has 0 radical (unpaired) electrons. The highest BCUT2D eigenvalue weighted by atomic mass is 16.5. The van der Waals surface area contributed by atoms with Crippen molar-refractivity contribution in [3.05, 3.63) is 72.1 Å². The van der Waals surface area contributed by atoms with Gasteiger partial charge in [0.2, 0.25) is 0 Å². The minimum absolute atomic E-state index is 0.311. The van der Waals surface area contributed by atoms with Gasteiger partial charge in [-0.3, -0.25) is 4.98 Å². The summed E-state index contributed by atoms with van der Waals surface area (Å²) < 4.78 is 21.8. The molecule has 2 aromatic carbocycles. The van der Waals surface area contributed by atoms with Crippen molar-refractivity contribution >= 4 is 17.4 Å². The Hall–Kier alpha value is -3.78. The molecule has 0 spiro atoms. The summed E-state index contributed by atoms with van der Waals surface area (Å²) in [5.74, 6) is 2.19. The van der Waals surface area contributed by atoms with Gasteiger partial charge in [0.25, 0.3) is 0 Å². The summed E-state index contributed by atoms with van der Waals surface area (Å²) in [4.78, 5) is 16.6. The number of nitrogens with zero attached hydrogens (tertiary/aromatic N) is 1. The summed E-state index contributed by atoms with van der Waals surface area (Å²) in [7, 11) is 3.27. The van der Waals surface area contributed by atoms with Crippen LogP contribution >= 0.6 is 0 Å². The number of urea groups is 1. The fourth-order valence-corrected chi connectivity index (χ4v) is 3.00. The number of aromatic nitrogens is 1. The maximum atomic E-state index is 12.2. The zero-order valence-electron chi connectivity index (χ0n) is 19.1. The molecule has 0 bridgehead atoms. The average molecular weight is 452 g/mol. The maximum absolute atomic E-state index is 12.2. The lowest BCUT2D eigenvalue weighted by Gasteiger charge is -2.13. The highest BCUT2D eigenvalue weighted by Gasteiger charge is 2.08. The van der Waals surface area contributed by atoms with Crippen molar-refractivity contribution in [1.82, 2.24) is 4.98 Å². The number of nitrogens with one attached hydrogen (secondary N) is 2. The van der Waals surface area contributed by atoms with E-state index in [0.717, 1.165) is 29.2 Å². The molecular weight excluding hydrogens is 422 g/mol. The fraction of sp³-hybridized carbons (Fsp3) is 0.280. The van der Waals surface area contributed by atoms with Crippen molar-refractivity contribution in [1.29, 1.82) is 0 Å². The zero-order chi connectivity index (χ0) is 23.5. The number of benzene rings is 2. The monoisotopic (exact) mass is 451 g/mol. The van der Waals surface area contributed by atoms with E-state index in [-0.39, 0.29) is 6.03 Å². The van der Waals surface area contributed by atoms with Gasteiger partial charge in [0.15, 0.2) is 0 Å². The molecule has 0 saturated carbocycles. The number of rotatable bonds is 11. The molecule has 3 aromatic rings. The Morgan fingerprint density at radius 1 is 0.848 bits per heavy atom. The Morgan fingerprint density at radius 3 is 2.09 bits per heavy atom. The van der Waals surface area contributed by atoms with Crippen LogP contribution in [0.2, 0.25) is 0 Å². The molecule has 0 aliphatic carbocycles. The molecule has 0 aliphatic rings. The SMILES string of the molecule is COCCCOc1ccnc(COc2ccc(NC(=O)Nc3ccc(OC)cc3)cc2)c1C. The van der Waals surface area contributed by atoms with Crippen molar-refractivity contribution in [3.8, 4) is 17.2 Å². The van der Waals surface area contributed by atoms with Crippen LogP contribution in [0.5, 0.6) is 17.2 Å². The summed E-state index contributed by atoms with van der Waals surface area (Å²) in [6, 6.07) is 15.8. The van der Waals surface area contributed by atoms with E-state index < -0.39 is 0 Å². The zero-order valence-corrected chi connectivity index (χ0v) is 19.1. The van der Waals surface area contributed by atoms with Gasteiger partial charge in [0.05, 0.1) is 19.4 Å². The van der Waals surface area contributed by atoms with Gasteiger partial charge in [0, 0.05) is 43.3 Å². The van der Waals surface area contributed by atoms with Gasteiger partial charge in [-0.2, -0.15) is 0 Å². The Labute approximate surface area is 193 Å². The second-order valence-corrected chi connectivity index (χ2v) is 7.20. The fourth-order valence-electron chi connectivity index (χ4n) is 3.00. The van der Waals surface area contributed by atoms with Crippen molar-refractivity contribution in [2.75, 3.05) is 38.1 Å². The molecule has 0 saturated heterocycles. The number of hydrogen-bond acceptors (Lipinski definition) is 6. The molecule has 1 aromatic heterocycles. The molecule has 174 valence electrons. The van der Waals surface area contributed by atoms with Crippen LogP contribution in [0.3, 0.4) is 0 Å². The second kappa shape index (κ2) is 12.3. The van der Waals surface area contributed by atoms with Gasteiger partial charge in [0.1, 0.15) is 23.9 Å². The number of hydrogen-bond donors (Lipinski definition) is 2. The van der Waals surface area contributed by atoms with E-state index in [1.807, 2.05) is 13.0 Å². The molecule has 2 N–H and O–H groups in total. The summed E-state index contributed by atoms with van der Waals surface area (Å²) in [6.45, 7) is 3.52. The Kier molecular flexibility index (Phi) is 8.90. The molecule has 3 rings (SSSR count). The topological polar surface area (TPSA) is 90.9 Å². The number of carbonyl (C=O) groups is 1. The highest BCUT2D eigenvalue weighted by Crippen LogP contribution is 2.22. The van der Waals surface area contributed by atoms with E-state index in [1.165, 1.54) is 0 Å². The van der Waals surface area contributed by atoms with E-state index in [2.05, 4.69) is 15.6 Å². The van der Waals surface area contributed by atoms with Gasteiger partial charge in [-0.1, -0.05) is 0 Å².